The van der Waals surface area contributed by atoms with Gasteiger partial charge in [-0.05, 0) is 43.0 Å². The average Bonchev–Trinajstić information content (AvgIpc) is 3.35. The molecule has 1 aliphatic heterocycles. The molecular weight excluding hydrogens is 436 g/mol. The summed E-state index contributed by atoms with van der Waals surface area (Å²) in [7, 11) is 0. The lowest BCUT2D eigenvalue weighted by Crippen LogP contribution is -2.38. The van der Waals surface area contributed by atoms with Crippen molar-refractivity contribution in [3.63, 3.8) is 0 Å². The van der Waals surface area contributed by atoms with Crippen molar-refractivity contribution in [2.75, 3.05) is 26.2 Å². The summed E-state index contributed by atoms with van der Waals surface area (Å²) >= 11 is 0. The van der Waals surface area contributed by atoms with Gasteiger partial charge >= 0.3 is 18.2 Å². The van der Waals surface area contributed by atoms with Crippen LogP contribution in [0, 0.1) is 11.8 Å². The maximum atomic E-state index is 12.9. The smallest absolute Gasteiger partial charge is 0.409 e. The topological polar surface area (TPSA) is 105 Å². The predicted octanol–water partition coefficient (Wildman–Crippen LogP) is 4.09. The Kier molecular flexibility index (Phi) is 6.50. The Hall–Kier alpha value is -3.55. The minimum absolute atomic E-state index is 0.0344. The fourth-order valence-electron chi connectivity index (χ4n) is 4.72. The van der Waals surface area contributed by atoms with E-state index in [0.717, 1.165) is 22.3 Å². The van der Waals surface area contributed by atoms with E-state index in [4.69, 9.17) is 9.47 Å². The van der Waals surface area contributed by atoms with Crippen molar-refractivity contribution in [1.82, 2.24) is 10.2 Å². The number of aliphatic carboxylic acids is 1. The number of nitrogens with one attached hydrogen (secondary N) is 1. The first-order valence-corrected chi connectivity index (χ1v) is 11.4. The molecule has 0 spiro atoms. The fraction of sp³-hybridized carbons (Fsp3) is 0.423. The van der Waals surface area contributed by atoms with Crippen LogP contribution in [0.25, 0.3) is 11.1 Å². The number of alkyl carbamates (subject to hydrolysis) is 1. The van der Waals surface area contributed by atoms with Gasteiger partial charge in [-0.2, -0.15) is 0 Å². The van der Waals surface area contributed by atoms with Crippen LogP contribution in [0.5, 0.6) is 0 Å². The van der Waals surface area contributed by atoms with Crippen LogP contribution in [0.15, 0.2) is 48.5 Å². The van der Waals surface area contributed by atoms with Gasteiger partial charge in [-0.3, -0.25) is 4.79 Å². The van der Waals surface area contributed by atoms with Crippen molar-refractivity contribution in [1.29, 1.82) is 0 Å². The number of carboxylic acids is 1. The second-order valence-electron chi connectivity index (χ2n) is 9.80. The third-order valence-corrected chi connectivity index (χ3v) is 6.26. The lowest BCUT2D eigenvalue weighted by molar-refractivity contribution is -0.142. The highest BCUT2D eigenvalue weighted by atomic mass is 16.6. The number of likely N-dealkylation sites (tertiary alicyclic amines) is 1. The highest BCUT2D eigenvalue weighted by Crippen LogP contribution is 2.44. The van der Waals surface area contributed by atoms with Crippen molar-refractivity contribution in [2.45, 2.75) is 32.3 Å². The number of rotatable bonds is 5. The van der Waals surface area contributed by atoms with Gasteiger partial charge in [-0.25, -0.2) is 9.59 Å². The summed E-state index contributed by atoms with van der Waals surface area (Å²) in [6.45, 7) is 5.74. The average molecular weight is 467 g/mol. The zero-order chi connectivity index (χ0) is 24.5. The van der Waals surface area contributed by atoms with Gasteiger partial charge in [0, 0.05) is 31.5 Å². The van der Waals surface area contributed by atoms with E-state index < -0.39 is 35.6 Å². The molecule has 1 heterocycles. The van der Waals surface area contributed by atoms with Crippen molar-refractivity contribution >= 4 is 18.2 Å². The van der Waals surface area contributed by atoms with Crippen LogP contribution in [-0.4, -0.2) is 60.0 Å². The molecule has 2 N–H and O–H groups in total. The van der Waals surface area contributed by atoms with Gasteiger partial charge < -0.3 is 24.8 Å². The molecule has 0 unspecified atom stereocenters. The lowest BCUT2D eigenvalue weighted by Gasteiger charge is -2.21. The molecule has 4 rings (SSSR count). The summed E-state index contributed by atoms with van der Waals surface area (Å²) in [6, 6.07) is 16.1. The number of nitrogens with zero attached hydrogens (tertiary/aromatic N) is 1. The van der Waals surface area contributed by atoms with Gasteiger partial charge in [0.2, 0.25) is 0 Å². The Morgan fingerprint density at radius 1 is 1.00 bits per heavy atom. The zero-order valence-corrected chi connectivity index (χ0v) is 19.6. The maximum Gasteiger partial charge on any atom is 0.409 e. The van der Waals surface area contributed by atoms with Crippen LogP contribution in [0.4, 0.5) is 9.59 Å². The highest BCUT2D eigenvalue weighted by Gasteiger charge is 2.41. The Balaban J connectivity index is 1.38. The largest absolute Gasteiger partial charge is 0.481 e. The van der Waals surface area contributed by atoms with Crippen molar-refractivity contribution in [3.8, 4) is 11.1 Å². The standard InChI is InChI=1S/C26H30N2O6/c1-26(2,3)34-24(31)27-12-16-13-28(14-21(16)23(29)30)25(32)33-15-22-19-10-6-4-8-17(19)18-9-5-7-11-20(18)22/h4-11,16,21-22H,12-15H2,1-3H3,(H,27,31)(H,29,30)/t16-,21-/m0/s1. The van der Waals surface area contributed by atoms with E-state index in [-0.39, 0.29) is 32.2 Å². The molecule has 2 amide bonds. The van der Waals surface area contributed by atoms with Gasteiger partial charge in [0.05, 0.1) is 5.92 Å². The van der Waals surface area contributed by atoms with Gasteiger partial charge in [0.1, 0.15) is 12.2 Å². The SMILES string of the molecule is CC(C)(C)OC(=O)NC[C@H]1CN(C(=O)OCC2c3ccccc3-c3ccccc32)C[C@@H]1C(=O)O. The maximum absolute atomic E-state index is 12.9. The number of amides is 2. The molecule has 0 bridgehead atoms. The van der Waals surface area contributed by atoms with E-state index in [1.807, 2.05) is 36.4 Å². The van der Waals surface area contributed by atoms with Gasteiger partial charge in [-0.15, -0.1) is 0 Å². The molecule has 34 heavy (non-hydrogen) atoms. The number of ether oxygens (including phenoxy) is 2. The minimum Gasteiger partial charge on any atom is -0.481 e. The second-order valence-corrected chi connectivity index (χ2v) is 9.80. The molecule has 0 saturated carbocycles. The molecule has 8 heteroatoms. The quantitative estimate of drug-likeness (QED) is 0.688. The number of fused-ring (bicyclic) bond motifs is 3. The van der Waals surface area contributed by atoms with Crippen molar-refractivity contribution in [3.05, 3.63) is 59.7 Å². The molecule has 2 aromatic carbocycles. The molecule has 0 radical (unpaired) electrons. The third-order valence-electron chi connectivity index (χ3n) is 6.26. The number of carbonyl (C=O) groups is 3. The van der Waals surface area contributed by atoms with Crippen LogP contribution in [0.3, 0.4) is 0 Å². The van der Waals surface area contributed by atoms with E-state index in [1.54, 1.807) is 20.8 Å². The van der Waals surface area contributed by atoms with Crippen LogP contribution in [0.2, 0.25) is 0 Å². The molecule has 8 nitrogen and oxygen atoms in total. The van der Waals surface area contributed by atoms with E-state index in [9.17, 15) is 19.5 Å². The highest BCUT2D eigenvalue weighted by molar-refractivity contribution is 5.79. The van der Waals surface area contributed by atoms with Gasteiger partial charge in [0.15, 0.2) is 0 Å². The molecular formula is C26H30N2O6. The first kappa shape index (κ1) is 23.6. The Labute approximate surface area is 198 Å². The van der Waals surface area contributed by atoms with Gasteiger partial charge in [0.25, 0.3) is 0 Å². The normalized spacial score (nSPS) is 19.3. The van der Waals surface area contributed by atoms with Crippen LogP contribution in [-0.2, 0) is 14.3 Å². The fourth-order valence-corrected chi connectivity index (χ4v) is 4.72. The second kappa shape index (κ2) is 9.37. The van der Waals surface area contributed by atoms with Crippen LogP contribution < -0.4 is 5.32 Å². The Bertz CT molecular complexity index is 1050. The molecule has 2 aromatic rings. The number of hydrogen-bond donors (Lipinski definition) is 2. The molecule has 1 saturated heterocycles. The summed E-state index contributed by atoms with van der Waals surface area (Å²) in [5.74, 6) is -2.32. The lowest BCUT2D eigenvalue weighted by atomic mass is 9.96. The van der Waals surface area contributed by atoms with E-state index >= 15 is 0 Å². The summed E-state index contributed by atoms with van der Waals surface area (Å²) in [4.78, 5) is 38.0. The third kappa shape index (κ3) is 5.00. The van der Waals surface area contributed by atoms with Gasteiger partial charge in [-0.1, -0.05) is 48.5 Å². The number of hydrogen-bond acceptors (Lipinski definition) is 5. The van der Waals surface area contributed by atoms with Crippen molar-refractivity contribution in [2.24, 2.45) is 11.8 Å². The summed E-state index contributed by atoms with van der Waals surface area (Å²) in [5.41, 5.74) is 3.85. The van der Waals surface area contributed by atoms with Crippen molar-refractivity contribution < 1.29 is 29.0 Å². The molecule has 2 atom stereocenters. The van der Waals surface area contributed by atoms with E-state index in [2.05, 4.69) is 17.4 Å². The minimum atomic E-state index is -1.01. The summed E-state index contributed by atoms with van der Waals surface area (Å²) < 4.78 is 10.9. The molecule has 1 aliphatic carbocycles. The molecule has 1 fully saturated rings. The number of carboxylic acid groups (broad SMARTS) is 1. The van der Waals surface area contributed by atoms with Crippen LogP contribution in [0.1, 0.15) is 37.8 Å². The zero-order valence-electron chi connectivity index (χ0n) is 19.6. The van der Waals surface area contributed by atoms with E-state index in [0.29, 0.717) is 0 Å². The first-order valence-electron chi connectivity index (χ1n) is 11.4. The Morgan fingerprint density at radius 3 is 2.15 bits per heavy atom. The molecule has 0 aromatic heterocycles. The Morgan fingerprint density at radius 2 is 1.59 bits per heavy atom. The number of benzene rings is 2. The first-order chi connectivity index (χ1) is 16.1. The molecule has 2 aliphatic rings. The number of carbonyl (C=O) groups excluding carboxylic acids is 2. The predicted molar refractivity (Wildman–Crippen MR) is 125 cm³/mol. The summed E-state index contributed by atoms with van der Waals surface area (Å²) in [5, 5.41) is 12.3. The van der Waals surface area contributed by atoms with Crippen LogP contribution >= 0.6 is 0 Å². The monoisotopic (exact) mass is 466 g/mol. The summed E-state index contributed by atoms with van der Waals surface area (Å²) in [6.07, 6.45) is -1.16. The van der Waals surface area contributed by atoms with E-state index in [1.165, 1.54) is 4.90 Å². The molecule has 180 valence electrons.